The summed E-state index contributed by atoms with van der Waals surface area (Å²) in [5.41, 5.74) is 8.52. The van der Waals surface area contributed by atoms with Crippen LogP contribution >= 0.6 is 27.3 Å². The van der Waals surface area contributed by atoms with Crippen LogP contribution in [0.1, 0.15) is 37.0 Å². The van der Waals surface area contributed by atoms with E-state index in [4.69, 9.17) is 10.5 Å². The van der Waals surface area contributed by atoms with Crippen molar-refractivity contribution < 1.29 is 19.2 Å². The van der Waals surface area contributed by atoms with E-state index >= 15 is 0 Å². The molecular formula is C22H20BrN3O5S. The number of esters is 1. The van der Waals surface area contributed by atoms with Crippen LogP contribution in [0.15, 0.2) is 62.8 Å². The number of nitro benzene ring substituents is 1. The minimum absolute atomic E-state index is 0.0398. The zero-order chi connectivity index (χ0) is 23.0. The van der Waals surface area contributed by atoms with Gasteiger partial charge in [-0.15, -0.1) is 11.3 Å². The van der Waals surface area contributed by atoms with Crippen LogP contribution in [0.2, 0.25) is 0 Å². The highest BCUT2D eigenvalue weighted by Gasteiger charge is 2.43. The minimum Gasteiger partial charge on any atom is -0.463 e. The first-order valence-corrected chi connectivity index (χ1v) is 11.7. The third kappa shape index (κ3) is 3.84. The third-order valence-corrected chi connectivity index (χ3v) is 7.17. The largest absolute Gasteiger partial charge is 0.463 e. The number of rotatable bonds is 5. The van der Waals surface area contributed by atoms with Gasteiger partial charge in [0, 0.05) is 40.4 Å². The molecule has 0 fully saturated rings. The van der Waals surface area contributed by atoms with Gasteiger partial charge >= 0.3 is 5.97 Å². The monoisotopic (exact) mass is 517 g/mol. The molecule has 0 unspecified atom stereocenters. The van der Waals surface area contributed by atoms with Crippen molar-refractivity contribution in [1.29, 1.82) is 0 Å². The van der Waals surface area contributed by atoms with Crippen molar-refractivity contribution in [3.63, 3.8) is 0 Å². The number of thiophene rings is 1. The molecule has 4 rings (SSSR count). The summed E-state index contributed by atoms with van der Waals surface area (Å²) in [5.74, 6) is -1.08. The van der Waals surface area contributed by atoms with E-state index in [1.807, 2.05) is 12.1 Å². The van der Waals surface area contributed by atoms with E-state index in [0.29, 0.717) is 30.5 Å². The smallest absolute Gasteiger partial charge is 0.338 e. The number of nitrogens with two attached hydrogens (primary N) is 1. The molecule has 0 saturated heterocycles. The summed E-state index contributed by atoms with van der Waals surface area (Å²) in [7, 11) is 0. The lowest BCUT2D eigenvalue weighted by Gasteiger charge is -2.40. The number of carbonyl (C=O) groups is 2. The normalized spacial score (nSPS) is 18.6. The van der Waals surface area contributed by atoms with Crippen molar-refractivity contribution in [2.75, 3.05) is 11.5 Å². The Morgan fingerprint density at radius 1 is 1.28 bits per heavy atom. The minimum atomic E-state index is -0.623. The summed E-state index contributed by atoms with van der Waals surface area (Å²) in [6.45, 7) is 1.87. The molecule has 8 nitrogen and oxygen atoms in total. The van der Waals surface area contributed by atoms with Crippen LogP contribution in [0.4, 0.5) is 11.4 Å². The van der Waals surface area contributed by atoms with Crippen molar-refractivity contribution >= 4 is 50.4 Å². The number of hydrogen-bond donors (Lipinski definition) is 1. The van der Waals surface area contributed by atoms with Gasteiger partial charge in [0.05, 0.1) is 26.8 Å². The Balaban J connectivity index is 1.95. The molecule has 2 heterocycles. The Kier molecular flexibility index (Phi) is 6.16. The Labute approximate surface area is 196 Å². The Bertz CT molecular complexity index is 1170. The Morgan fingerprint density at radius 2 is 2.00 bits per heavy atom. The standard InChI is InChI=1S/C22H20BrN3O5S/c1-2-31-22(28)20-19(16-10-11-17(23)32-16)18-14(4-3-5-15(18)27)25(21(20)24)12-6-8-13(9-7-12)26(29)30/h6-11,19H,2-5,24H2,1H3/t19-/m0/s1. The van der Waals surface area contributed by atoms with Gasteiger partial charge < -0.3 is 10.5 Å². The van der Waals surface area contributed by atoms with E-state index in [9.17, 15) is 19.7 Å². The van der Waals surface area contributed by atoms with Gasteiger partial charge in [-0.2, -0.15) is 0 Å². The summed E-state index contributed by atoms with van der Waals surface area (Å²) in [6.07, 6.45) is 1.63. The van der Waals surface area contributed by atoms with Gasteiger partial charge in [0.1, 0.15) is 5.82 Å². The zero-order valence-electron chi connectivity index (χ0n) is 17.2. The number of carbonyl (C=O) groups excluding carboxylic acids is 2. The summed E-state index contributed by atoms with van der Waals surface area (Å²) in [6, 6.07) is 9.63. The lowest BCUT2D eigenvalue weighted by Crippen LogP contribution is -2.40. The molecule has 166 valence electrons. The average molecular weight is 518 g/mol. The SMILES string of the molecule is CCOC(=O)C1=C(N)N(c2ccc([N+](=O)[O-])cc2)C2=C(C(=O)CCC2)[C@@H]1c1ccc(Br)s1. The van der Waals surface area contributed by atoms with Crippen LogP contribution < -0.4 is 10.6 Å². The maximum atomic E-state index is 13.2. The number of ether oxygens (including phenoxy) is 1. The number of allylic oxidation sites excluding steroid dienone is 2. The van der Waals surface area contributed by atoms with E-state index in [-0.39, 0.29) is 29.5 Å². The van der Waals surface area contributed by atoms with Crippen LogP contribution in [0.5, 0.6) is 0 Å². The van der Waals surface area contributed by atoms with Gasteiger partial charge in [0.15, 0.2) is 5.78 Å². The Morgan fingerprint density at radius 3 is 2.59 bits per heavy atom. The average Bonchev–Trinajstić information content (AvgIpc) is 3.19. The highest BCUT2D eigenvalue weighted by molar-refractivity contribution is 9.11. The molecule has 10 heteroatoms. The van der Waals surface area contributed by atoms with Crippen LogP contribution in [-0.4, -0.2) is 23.3 Å². The maximum Gasteiger partial charge on any atom is 0.338 e. The quantitative estimate of drug-likeness (QED) is 0.345. The first kappa shape index (κ1) is 22.2. The highest BCUT2D eigenvalue weighted by atomic mass is 79.9. The second-order valence-corrected chi connectivity index (χ2v) is 9.83. The van der Waals surface area contributed by atoms with E-state index in [2.05, 4.69) is 15.9 Å². The lowest BCUT2D eigenvalue weighted by molar-refractivity contribution is -0.384. The van der Waals surface area contributed by atoms with E-state index in [1.54, 1.807) is 24.0 Å². The molecule has 1 aromatic heterocycles. The number of nitrogens with zero attached hydrogens (tertiary/aromatic N) is 2. The molecule has 1 aliphatic carbocycles. The van der Waals surface area contributed by atoms with Gasteiger partial charge in [-0.25, -0.2) is 4.79 Å². The van der Waals surface area contributed by atoms with Crippen molar-refractivity contribution in [3.05, 3.63) is 77.8 Å². The molecular weight excluding hydrogens is 498 g/mol. The number of benzene rings is 1. The molecule has 2 N–H and O–H groups in total. The molecule has 1 aromatic carbocycles. The number of ketones is 1. The van der Waals surface area contributed by atoms with Crippen LogP contribution in [0, 0.1) is 10.1 Å². The fourth-order valence-corrected chi connectivity index (χ4v) is 5.73. The van der Waals surface area contributed by atoms with Gasteiger partial charge in [-0.05, 0) is 60.0 Å². The number of halogens is 1. The molecule has 0 spiro atoms. The second kappa shape index (κ2) is 8.87. The molecule has 2 aromatic rings. The van der Waals surface area contributed by atoms with E-state index in [1.165, 1.54) is 23.5 Å². The molecule has 1 aliphatic heterocycles. The van der Waals surface area contributed by atoms with Crippen LogP contribution in [-0.2, 0) is 14.3 Å². The highest BCUT2D eigenvalue weighted by Crippen LogP contribution is 2.48. The summed E-state index contributed by atoms with van der Waals surface area (Å²) >= 11 is 4.90. The molecule has 0 radical (unpaired) electrons. The molecule has 0 amide bonds. The van der Waals surface area contributed by atoms with Gasteiger partial charge in [0.25, 0.3) is 5.69 Å². The van der Waals surface area contributed by atoms with Crippen molar-refractivity contribution in [3.8, 4) is 0 Å². The molecule has 32 heavy (non-hydrogen) atoms. The molecule has 0 bridgehead atoms. The number of hydrogen-bond acceptors (Lipinski definition) is 8. The first-order chi connectivity index (χ1) is 15.3. The number of Topliss-reactive ketones (excluding diaryl/α,β-unsaturated/α-hetero) is 1. The van der Waals surface area contributed by atoms with Crippen LogP contribution in [0.3, 0.4) is 0 Å². The predicted octanol–water partition coefficient (Wildman–Crippen LogP) is 4.76. The second-order valence-electron chi connectivity index (χ2n) is 7.34. The van der Waals surface area contributed by atoms with E-state index < -0.39 is 16.8 Å². The predicted molar refractivity (Wildman–Crippen MR) is 124 cm³/mol. The third-order valence-electron chi connectivity index (χ3n) is 5.49. The topological polar surface area (TPSA) is 116 Å². The molecule has 1 atom stereocenters. The summed E-state index contributed by atoms with van der Waals surface area (Å²) in [4.78, 5) is 39.3. The van der Waals surface area contributed by atoms with E-state index in [0.717, 1.165) is 14.4 Å². The van der Waals surface area contributed by atoms with Crippen molar-refractivity contribution in [2.45, 2.75) is 32.1 Å². The fraction of sp³-hybridized carbons (Fsp3) is 0.273. The van der Waals surface area contributed by atoms with Gasteiger partial charge in [-0.3, -0.25) is 19.8 Å². The first-order valence-electron chi connectivity index (χ1n) is 10.1. The maximum absolute atomic E-state index is 13.2. The Hall–Kier alpha value is -2.98. The summed E-state index contributed by atoms with van der Waals surface area (Å²) in [5, 5.41) is 11.1. The van der Waals surface area contributed by atoms with Crippen molar-refractivity contribution in [1.82, 2.24) is 0 Å². The van der Waals surface area contributed by atoms with Gasteiger partial charge in [-0.1, -0.05) is 0 Å². The fourth-order valence-electron chi connectivity index (χ4n) is 4.18. The molecule has 0 saturated carbocycles. The molecule has 2 aliphatic rings. The zero-order valence-corrected chi connectivity index (χ0v) is 19.6. The number of anilines is 1. The van der Waals surface area contributed by atoms with Crippen molar-refractivity contribution in [2.24, 2.45) is 5.73 Å². The van der Waals surface area contributed by atoms with Crippen LogP contribution in [0.25, 0.3) is 0 Å². The lowest BCUT2D eigenvalue weighted by atomic mass is 9.77. The van der Waals surface area contributed by atoms with Gasteiger partial charge in [0.2, 0.25) is 0 Å². The number of non-ortho nitro benzene ring substituents is 1. The number of nitro groups is 1. The summed E-state index contributed by atoms with van der Waals surface area (Å²) < 4.78 is 6.20.